The minimum absolute atomic E-state index is 0.0135. The van der Waals surface area contributed by atoms with Crippen molar-refractivity contribution >= 4 is 11.7 Å². The molecule has 2 heterocycles. The number of aromatic hydroxyl groups is 1. The maximum Gasteiger partial charge on any atom is 0.275 e. The number of aromatic amines is 1. The number of hydrogen-bond acceptors (Lipinski definition) is 5. The van der Waals surface area contributed by atoms with E-state index in [0.29, 0.717) is 0 Å². The molecule has 0 radical (unpaired) electrons. The lowest BCUT2D eigenvalue weighted by atomic mass is 10.3. The predicted octanol–water partition coefficient (Wildman–Crippen LogP) is 0.123. The summed E-state index contributed by atoms with van der Waals surface area (Å²) >= 11 is 0. The molecule has 0 aliphatic rings. The molecule has 2 aromatic heterocycles. The number of anilines is 1. The molecule has 1 amide bonds. The molecule has 0 saturated heterocycles. The second-order valence-electron chi connectivity index (χ2n) is 3.12. The number of nitrogens with zero attached hydrogens (tertiary/aromatic N) is 2. The van der Waals surface area contributed by atoms with Gasteiger partial charge in [-0.25, -0.2) is 9.97 Å². The van der Waals surface area contributed by atoms with Crippen LogP contribution < -0.4 is 10.9 Å². The third-order valence-electron chi connectivity index (χ3n) is 1.93. The van der Waals surface area contributed by atoms with Crippen LogP contribution >= 0.6 is 0 Å². The highest BCUT2D eigenvalue weighted by Gasteiger charge is 2.10. The molecule has 2 rings (SSSR count). The van der Waals surface area contributed by atoms with E-state index in [1.807, 2.05) is 0 Å². The van der Waals surface area contributed by atoms with Gasteiger partial charge >= 0.3 is 0 Å². The average molecular weight is 232 g/mol. The van der Waals surface area contributed by atoms with Crippen LogP contribution in [0.2, 0.25) is 0 Å². The summed E-state index contributed by atoms with van der Waals surface area (Å²) in [6.45, 7) is 0. The van der Waals surface area contributed by atoms with E-state index >= 15 is 0 Å². The number of carbonyl (C=O) groups is 1. The molecule has 0 aliphatic carbocycles. The van der Waals surface area contributed by atoms with Gasteiger partial charge in [-0.05, 0) is 12.1 Å². The zero-order valence-corrected chi connectivity index (χ0v) is 8.54. The number of nitrogens with one attached hydrogen (secondary N) is 2. The minimum atomic E-state index is -0.620. The molecule has 0 bridgehead atoms. The fourth-order valence-corrected chi connectivity index (χ4v) is 1.16. The van der Waals surface area contributed by atoms with E-state index in [0.717, 1.165) is 12.4 Å². The first kappa shape index (κ1) is 10.8. The zero-order chi connectivity index (χ0) is 12.3. The largest absolute Gasteiger partial charge is 0.504 e. The minimum Gasteiger partial charge on any atom is -0.504 e. The van der Waals surface area contributed by atoms with Crippen LogP contribution in [0.25, 0.3) is 0 Å². The lowest BCUT2D eigenvalue weighted by molar-refractivity contribution is 0.102. The van der Waals surface area contributed by atoms with Gasteiger partial charge in [0.2, 0.25) is 0 Å². The Labute approximate surface area is 95.2 Å². The molecule has 0 fully saturated rings. The van der Waals surface area contributed by atoms with E-state index in [9.17, 15) is 14.7 Å². The Hall–Kier alpha value is -2.70. The van der Waals surface area contributed by atoms with Gasteiger partial charge in [0, 0.05) is 12.3 Å². The fraction of sp³-hybridized carbons (Fsp3) is 0. The Morgan fingerprint density at radius 2 is 2.24 bits per heavy atom. The molecule has 0 unspecified atom stereocenters. The topological polar surface area (TPSA) is 108 Å². The first-order valence-corrected chi connectivity index (χ1v) is 4.67. The highest BCUT2D eigenvalue weighted by Crippen LogP contribution is 2.18. The highest BCUT2D eigenvalue weighted by atomic mass is 16.3. The number of amides is 1. The summed E-state index contributed by atoms with van der Waals surface area (Å²) in [6.07, 6.45) is 2.54. The molecule has 0 aliphatic heterocycles. The molecule has 0 saturated carbocycles. The third kappa shape index (κ3) is 2.46. The van der Waals surface area contributed by atoms with Crippen molar-refractivity contribution < 1.29 is 9.90 Å². The van der Waals surface area contributed by atoms with Crippen molar-refractivity contribution in [2.24, 2.45) is 0 Å². The Balaban J connectivity index is 2.23. The first-order valence-electron chi connectivity index (χ1n) is 4.67. The van der Waals surface area contributed by atoms with Gasteiger partial charge in [-0.1, -0.05) is 0 Å². The maximum absolute atomic E-state index is 11.6. The van der Waals surface area contributed by atoms with Crippen LogP contribution in [0.3, 0.4) is 0 Å². The Bertz CT molecular complexity index is 608. The molecule has 3 N–H and O–H groups in total. The zero-order valence-electron chi connectivity index (χ0n) is 8.54. The van der Waals surface area contributed by atoms with E-state index in [1.165, 1.54) is 18.3 Å². The van der Waals surface area contributed by atoms with Crippen molar-refractivity contribution in [3.63, 3.8) is 0 Å². The number of carbonyl (C=O) groups excluding carboxylic acids is 1. The lowest BCUT2D eigenvalue weighted by Crippen LogP contribution is -2.18. The second kappa shape index (κ2) is 4.44. The molecule has 0 atom stereocenters. The van der Waals surface area contributed by atoms with Gasteiger partial charge < -0.3 is 15.4 Å². The average Bonchev–Trinajstić information content (AvgIpc) is 2.32. The van der Waals surface area contributed by atoms with Crippen LogP contribution in [0.4, 0.5) is 5.82 Å². The van der Waals surface area contributed by atoms with Crippen LogP contribution in [0.15, 0.2) is 35.5 Å². The summed E-state index contributed by atoms with van der Waals surface area (Å²) in [5, 5.41) is 11.7. The molecular formula is C10H8N4O3. The van der Waals surface area contributed by atoms with E-state index in [1.54, 1.807) is 0 Å². The van der Waals surface area contributed by atoms with Gasteiger partial charge in [0.25, 0.3) is 11.5 Å². The number of pyridine rings is 1. The predicted molar refractivity (Wildman–Crippen MR) is 58.7 cm³/mol. The van der Waals surface area contributed by atoms with Gasteiger partial charge in [0.15, 0.2) is 11.6 Å². The van der Waals surface area contributed by atoms with E-state index in [4.69, 9.17) is 0 Å². The molecule has 2 aromatic rings. The Morgan fingerprint density at radius 1 is 1.41 bits per heavy atom. The molecule has 7 heteroatoms. The van der Waals surface area contributed by atoms with Crippen LogP contribution in [0.5, 0.6) is 5.75 Å². The standard InChI is InChI=1S/C10H8N4O3/c15-7-2-1-3-11-9(7)14-10(17)6-4-8(16)13-5-12-6/h1-5,15H,(H,11,14,17)(H,12,13,16). The number of rotatable bonds is 2. The number of H-pyrrole nitrogens is 1. The van der Waals surface area contributed by atoms with Crippen molar-refractivity contribution in [3.05, 3.63) is 46.8 Å². The Morgan fingerprint density at radius 3 is 2.94 bits per heavy atom. The van der Waals surface area contributed by atoms with E-state index in [-0.39, 0.29) is 17.3 Å². The normalized spacial score (nSPS) is 9.88. The third-order valence-corrected chi connectivity index (χ3v) is 1.93. The van der Waals surface area contributed by atoms with Crippen LogP contribution in [-0.2, 0) is 0 Å². The van der Waals surface area contributed by atoms with Crippen LogP contribution in [-0.4, -0.2) is 26.0 Å². The van der Waals surface area contributed by atoms with E-state index < -0.39 is 11.5 Å². The van der Waals surface area contributed by atoms with Crippen LogP contribution in [0.1, 0.15) is 10.5 Å². The van der Waals surface area contributed by atoms with Crippen molar-refractivity contribution in [1.82, 2.24) is 15.0 Å². The molecular weight excluding hydrogens is 224 g/mol. The molecule has 17 heavy (non-hydrogen) atoms. The van der Waals surface area contributed by atoms with Crippen LogP contribution in [0, 0.1) is 0 Å². The molecule has 0 spiro atoms. The quantitative estimate of drug-likeness (QED) is 0.681. The number of hydrogen-bond donors (Lipinski definition) is 3. The van der Waals surface area contributed by atoms with E-state index in [2.05, 4.69) is 20.3 Å². The SMILES string of the molecule is O=C(Nc1ncccc1O)c1cc(=O)[nH]cn1. The fourth-order valence-electron chi connectivity index (χ4n) is 1.16. The number of aromatic nitrogens is 3. The second-order valence-corrected chi connectivity index (χ2v) is 3.12. The van der Waals surface area contributed by atoms with Crippen molar-refractivity contribution in [1.29, 1.82) is 0 Å². The van der Waals surface area contributed by atoms with Crippen molar-refractivity contribution in [3.8, 4) is 5.75 Å². The summed E-state index contributed by atoms with van der Waals surface area (Å²) in [5.74, 6) is -0.768. The maximum atomic E-state index is 11.6. The lowest BCUT2D eigenvalue weighted by Gasteiger charge is -2.04. The smallest absolute Gasteiger partial charge is 0.275 e. The summed E-state index contributed by atoms with van der Waals surface area (Å²) in [7, 11) is 0. The highest BCUT2D eigenvalue weighted by molar-refractivity contribution is 6.02. The van der Waals surface area contributed by atoms with Gasteiger partial charge in [-0.3, -0.25) is 9.59 Å². The van der Waals surface area contributed by atoms with Crippen molar-refractivity contribution in [2.45, 2.75) is 0 Å². The monoisotopic (exact) mass is 232 g/mol. The molecule has 0 aromatic carbocycles. The Kier molecular flexibility index (Phi) is 2.82. The van der Waals surface area contributed by atoms with Crippen molar-refractivity contribution in [2.75, 3.05) is 5.32 Å². The molecule has 7 nitrogen and oxygen atoms in total. The summed E-state index contributed by atoms with van der Waals surface area (Å²) in [6, 6.07) is 3.96. The van der Waals surface area contributed by atoms with Gasteiger partial charge in [-0.15, -0.1) is 0 Å². The molecule has 86 valence electrons. The van der Waals surface area contributed by atoms with Gasteiger partial charge in [0.1, 0.15) is 5.69 Å². The van der Waals surface area contributed by atoms with Gasteiger partial charge in [-0.2, -0.15) is 0 Å². The first-order chi connectivity index (χ1) is 8.16. The van der Waals surface area contributed by atoms with Gasteiger partial charge in [0.05, 0.1) is 6.33 Å². The summed E-state index contributed by atoms with van der Waals surface area (Å²) in [4.78, 5) is 32.4. The summed E-state index contributed by atoms with van der Waals surface area (Å²) in [5.41, 5.74) is -0.491. The summed E-state index contributed by atoms with van der Waals surface area (Å²) < 4.78 is 0.